The lowest BCUT2D eigenvalue weighted by Gasteiger charge is -2.33. The van der Waals surface area contributed by atoms with Crippen molar-refractivity contribution in [2.45, 2.75) is 19.9 Å². The second-order valence-electron chi connectivity index (χ2n) is 4.07. The highest BCUT2D eigenvalue weighted by atomic mass is 79.9. The van der Waals surface area contributed by atoms with Crippen LogP contribution in [0.1, 0.15) is 12.5 Å². The molecule has 1 aliphatic rings. The van der Waals surface area contributed by atoms with Gasteiger partial charge in [0.05, 0.1) is 4.47 Å². The zero-order valence-electron chi connectivity index (χ0n) is 9.13. The number of aryl methyl sites for hydroxylation is 1. The highest BCUT2D eigenvalue weighted by Crippen LogP contribution is 2.27. The minimum Gasteiger partial charge on any atom is -0.353 e. The number of anilines is 1. The van der Waals surface area contributed by atoms with Crippen molar-refractivity contribution in [1.82, 2.24) is 10.3 Å². The number of aromatic nitrogens is 1. The Labute approximate surface area is 99.0 Å². The predicted molar refractivity (Wildman–Crippen MR) is 66.4 cm³/mol. The molecule has 4 heteroatoms. The van der Waals surface area contributed by atoms with Crippen molar-refractivity contribution in [2.75, 3.05) is 24.5 Å². The van der Waals surface area contributed by atoms with Crippen LogP contribution >= 0.6 is 15.9 Å². The van der Waals surface area contributed by atoms with E-state index >= 15 is 0 Å². The van der Waals surface area contributed by atoms with Crippen LogP contribution in [0.3, 0.4) is 0 Å². The molecule has 15 heavy (non-hydrogen) atoms. The zero-order valence-corrected chi connectivity index (χ0v) is 10.7. The lowest BCUT2D eigenvalue weighted by atomic mass is 10.2. The number of rotatable bonds is 1. The van der Waals surface area contributed by atoms with Gasteiger partial charge in [0, 0.05) is 31.9 Å². The van der Waals surface area contributed by atoms with Crippen molar-refractivity contribution in [1.29, 1.82) is 0 Å². The first-order valence-corrected chi connectivity index (χ1v) is 6.07. The fraction of sp³-hybridized carbons (Fsp3) is 0.545. The van der Waals surface area contributed by atoms with Crippen molar-refractivity contribution in [3.05, 3.63) is 22.3 Å². The lowest BCUT2D eigenvalue weighted by Crippen LogP contribution is -2.49. The average Bonchev–Trinajstić information content (AvgIpc) is 2.22. The minimum absolute atomic E-state index is 0.535. The Morgan fingerprint density at radius 2 is 2.40 bits per heavy atom. The molecule has 0 saturated carbocycles. The standard InChI is InChI=1S/C11H16BrN3/c1-8-3-4-14-11(10(8)12)15-6-5-13-9(2)7-15/h3-4,9,13H,5-7H2,1-2H3/t9-/m0/s1. The van der Waals surface area contributed by atoms with Gasteiger partial charge in [-0.3, -0.25) is 0 Å². The molecule has 1 aromatic heterocycles. The number of piperazine rings is 1. The Hall–Kier alpha value is -0.610. The molecule has 1 N–H and O–H groups in total. The summed E-state index contributed by atoms with van der Waals surface area (Å²) >= 11 is 3.61. The van der Waals surface area contributed by atoms with Gasteiger partial charge in [0.25, 0.3) is 0 Å². The molecule has 1 aliphatic heterocycles. The Balaban J connectivity index is 2.24. The molecule has 0 unspecified atom stereocenters. The molecule has 1 fully saturated rings. The van der Waals surface area contributed by atoms with Crippen LogP contribution in [-0.2, 0) is 0 Å². The molecule has 2 rings (SSSR count). The van der Waals surface area contributed by atoms with Gasteiger partial charge in [-0.05, 0) is 41.4 Å². The van der Waals surface area contributed by atoms with E-state index in [0.29, 0.717) is 6.04 Å². The molecule has 0 amide bonds. The SMILES string of the molecule is Cc1ccnc(N2CCN[C@@H](C)C2)c1Br. The third kappa shape index (κ3) is 2.32. The second-order valence-corrected chi connectivity index (χ2v) is 4.86. The van der Waals surface area contributed by atoms with Crippen molar-refractivity contribution in [3.8, 4) is 0 Å². The molecule has 82 valence electrons. The molecule has 2 heterocycles. The normalized spacial score (nSPS) is 21.8. The van der Waals surface area contributed by atoms with Gasteiger partial charge < -0.3 is 10.2 Å². The largest absolute Gasteiger partial charge is 0.353 e. The predicted octanol–water partition coefficient (Wildman–Crippen LogP) is 1.95. The number of halogens is 1. The van der Waals surface area contributed by atoms with Crippen LogP contribution in [0.15, 0.2) is 16.7 Å². The summed E-state index contributed by atoms with van der Waals surface area (Å²) in [6.07, 6.45) is 1.88. The Kier molecular flexibility index (Phi) is 3.26. The summed E-state index contributed by atoms with van der Waals surface area (Å²) in [4.78, 5) is 6.78. The number of hydrogen-bond donors (Lipinski definition) is 1. The van der Waals surface area contributed by atoms with Gasteiger partial charge in [0.1, 0.15) is 5.82 Å². The van der Waals surface area contributed by atoms with E-state index < -0.39 is 0 Å². The van der Waals surface area contributed by atoms with Crippen LogP contribution in [0.2, 0.25) is 0 Å². The molecular weight excluding hydrogens is 254 g/mol. The van der Waals surface area contributed by atoms with E-state index in [4.69, 9.17) is 0 Å². The summed E-state index contributed by atoms with van der Waals surface area (Å²) in [5.74, 6) is 1.07. The van der Waals surface area contributed by atoms with Gasteiger partial charge in [0.2, 0.25) is 0 Å². The average molecular weight is 270 g/mol. The van der Waals surface area contributed by atoms with Crippen LogP contribution in [0.4, 0.5) is 5.82 Å². The van der Waals surface area contributed by atoms with Gasteiger partial charge in [0.15, 0.2) is 0 Å². The van der Waals surface area contributed by atoms with Crippen LogP contribution in [0.25, 0.3) is 0 Å². The number of pyridine rings is 1. The molecule has 0 spiro atoms. The van der Waals surface area contributed by atoms with E-state index in [9.17, 15) is 0 Å². The van der Waals surface area contributed by atoms with E-state index in [-0.39, 0.29) is 0 Å². The molecular formula is C11H16BrN3. The Bertz CT molecular complexity index is 354. The molecule has 3 nitrogen and oxygen atoms in total. The smallest absolute Gasteiger partial charge is 0.143 e. The topological polar surface area (TPSA) is 28.2 Å². The Morgan fingerprint density at radius 3 is 3.13 bits per heavy atom. The van der Waals surface area contributed by atoms with Crippen LogP contribution in [-0.4, -0.2) is 30.7 Å². The molecule has 0 radical (unpaired) electrons. The van der Waals surface area contributed by atoms with Gasteiger partial charge in [-0.2, -0.15) is 0 Å². The third-order valence-electron chi connectivity index (χ3n) is 2.73. The van der Waals surface area contributed by atoms with Gasteiger partial charge in [-0.1, -0.05) is 0 Å². The minimum atomic E-state index is 0.535. The molecule has 0 bridgehead atoms. The molecule has 0 aromatic carbocycles. The first-order chi connectivity index (χ1) is 7.18. The fourth-order valence-electron chi connectivity index (χ4n) is 1.87. The van der Waals surface area contributed by atoms with Crippen LogP contribution in [0.5, 0.6) is 0 Å². The van der Waals surface area contributed by atoms with Gasteiger partial charge >= 0.3 is 0 Å². The van der Waals surface area contributed by atoms with Crippen LogP contribution in [0, 0.1) is 6.92 Å². The van der Waals surface area contributed by atoms with E-state index in [1.165, 1.54) is 5.56 Å². The van der Waals surface area contributed by atoms with E-state index in [1.54, 1.807) is 0 Å². The monoisotopic (exact) mass is 269 g/mol. The lowest BCUT2D eigenvalue weighted by molar-refractivity contribution is 0.482. The summed E-state index contributed by atoms with van der Waals surface area (Å²) in [5.41, 5.74) is 1.24. The van der Waals surface area contributed by atoms with E-state index in [2.05, 4.69) is 45.0 Å². The first kappa shape index (κ1) is 10.9. The summed E-state index contributed by atoms with van der Waals surface area (Å²) in [6, 6.07) is 2.56. The van der Waals surface area contributed by atoms with Crippen molar-refractivity contribution >= 4 is 21.7 Å². The number of nitrogens with one attached hydrogen (secondary N) is 1. The molecule has 0 aliphatic carbocycles. The van der Waals surface area contributed by atoms with Crippen molar-refractivity contribution in [2.24, 2.45) is 0 Å². The van der Waals surface area contributed by atoms with E-state index in [0.717, 1.165) is 29.9 Å². The summed E-state index contributed by atoms with van der Waals surface area (Å²) in [5, 5.41) is 3.43. The maximum Gasteiger partial charge on any atom is 0.143 e. The molecule has 1 atom stereocenters. The highest BCUT2D eigenvalue weighted by molar-refractivity contribution is 9.10. The third-order valence-corrected chi connectivity index (χ3v) is 3.71. The first-order valence-electron chi connectivity index (χ1n) is 5.28. The summed E-state index contributed by atoms with van der Waals surface area (Å²) < 4.78 is 1.12. The maximum atomic E-state index is 4.45. The quantitative estimate of drug-likeness (QED) is 0.845. The number of hydrogen-bond acceptors (Lipinski definition) is 3. The van der Waals surface area contributed by atoms with Crippen molar-refractivity contribution < 1.29 is 0 Å². The fourth-order valence-corrected chi connectivity index (χ4v) is 2.36. The van der Waals surface area contributed by atoms with Crippen LogP contribution < -0.4 is 10.2 Å². The Morgan fingerprint density at radius 1 is 1.60 bits per heavy atom. The maximum absolute atomic E-state index is 4.45. The van der Waals surface area contributed by atoms with Gasteiger partial charge in [-0.25, -0.2) is 4.98 Å². The summed E-state index contributed by atoms with van der Waals surface area (Å²) in [6.45, 7) is 7.38. The van der Waals surface area contributed by atoms with E-state index in [1.807, 2.05) is 12.3 Å². The summed E-state index contributed by atoms with van der Waals surface area (Å²) in [7, 11) is 0. The second kappa shape index (κ2) is 4.49. The number of nitrogens with zero attached hydrogens (tertiary/aromatic N) is 2. The van der Waals surface area contributed by atoms with Gasteiger partial charge in [-0.15, -0.1) is 0 Å². The molecule has 1 saturated heterocycles. The zero-order chi connectivity index (χ0) is 10.8. The highest BCUT2D eigenvalue weighted by Gasteiger charge is 2.19. The van der Waals surface area contributed by atoms with Crippen molar-refractivity contribution in [3.63, 3.8) is 0 Å². The molecule has 1 aromatic rings.